The normalized spacial score (nSPS) is 18.7. The number of benzene rings is 2. The monoisotopic (exact) mass is 551 g/mol. The van der Waals surface area contributed by atoms with E-state index in [9.17, 15) is 18.0 Å². The van der Waals surface area contributed by atoms with E-state index in [1.54, 1.807) is 41.0 Å². The van der Waals surface area contributed by atoms with Gasteiger partial charge >= 0.3 is 6.30 Å². The number of ether oxygens (including phenoxy) is 1. The minimum absolute atomic E-state index is 0.0577. The first-order valence-corrected chi connectivity index (χ1v) is 12.5. The van der Waals surface area contributed by atoms with Crippen LogP contribution < -0.4 is 10.5 Å². The molecular formula is C27H21F4N7O2. The minimum atomic E-state index is -4.62. The van der Waals surface area contributed by atoms with Crippen LogP contribution in [0.1, 0.15) is 34.8 Å². The number of nitrogen functional groups attached to an aromatic ring is 1. The number of halogens is 4. The summed E-state index contributed by atoms with van der Waals surface area (Å²) in [6.07, 6.45) is -0.0538. The Labute approximate surface area is 223 Å². The number of nitrogens with zero attached hydrogens (tertiary/aromatic N) is 6. The van der Waals surface area contributed by atoms with Crippen molar-refractivity contribution in [2.75, 3.05) is 12.3 Å². The third-order valence-electron chi connectivity index (χ3n) is 7.65. The lowest BCUT2D eigenvalue weighted by atomic mass is 9.92. The smallest absolute Gasteiger partial charge is 0.488 e. The maximum Gasteiger partial charge on any atom is 0.504 e. The van der Waals surface area contributed by atoms with Crippen molar-refractivity contribution in [2.45, 2.75) is 31.3 Å². The summed E-state index contributed by atoms with van der Waals surface area (Å²) in [6.45, 7) is 0.390. The molecule has 2 aromatic carbocycles. The van der Waals surface area contributed by atoms with E-state index in [0.717, 1.165) is 18.0 Å². The van der Waals surface area contributed by atoms with Gasteiger partial charge in [-0.15, -0.1) is 13.2 Å². The predicted molar refractivity (Wildman–Crippen MR) is 137 cm³/mol. The molecule has 13 heteroatoms. The SMILES string of the molecule is Cn1ncc2c(N)nc3cc(F)c(C(=O)N4CCC[C@@H]5Oc6cc(-c7cnn(C(F)(F)F)c7)ccc6[C@@H]54)cc3c21. The van der Waals surface area contributed by atoms with Crippen LogP contribution in [-0.4, -0.2) is 48.0 Å². The van der Waals surface area contributed by atoms with Gasteiger partial charge in [0.2, 0.25) is 0 Å². The standard InChI is InChI=1S/C27H21F4N7O2/c1-36-23-17-8-16(19(28)9-20(17)35-25(32)18(23)11-33-36)26(39)37-6-2-3-21-24(37)15-5-4-13(7-22(15)40-21)14-10-34-38(12-14)27(29,30)31/h4-5,7-12,21,24H,2-3,6H2,1H3,(H2,32,35)/t21-,24-/m0/s1. The zero-order valence-corrected chi connectivity index (χ0v) is 21.0. The van der Waals surface area contributed by atoms with Crippen LogP contribution in [0.4, 0.5) is 23.4 Å². The van der Waals surface area contributed by atoms with Crippen molar-refractivity contribution in [3.63, 3.8) is 0 Å². The van der Waals surface area contributed by atoms with E-state index in [1.165, 1.54) is 12.1 Å². The zero-order valence-electron chi connectivity index (χ0n) is 21.0. The molecule has 9 nitrogen and oxygen atoms in total. The number of aromatic nitrogens is 5. The van der Waals surface area contributed by atoms with E-state index in [4.69, 9.17) is 10.5 Å². The second-order valence-corrected chi connectivity index (χ2v) is 10.0. The summed E-state index contributed by atoms with van der Waals surface area (Å²) in [6, 6.07) is 7.30. The summed E-state index contributed by atoms with van der Waals surface area (Å²) in [5, 5.41) is 8.79. The van der Waals surface area contributed by atoms with Gasteiger partial charge in [-0.3, -0.25) is 9.48 Å². The Hall–Kier alpha value is -4.68. The van der Waals surface area contributed by atoms with Crippen molar-refractivity contribution >= 4 is 33.5 Å². The van der Waals surface area contributed by atoms with Crippen LogP contribution in [-0.2, 0) is 13.3 Å². The second kappa shape index (κ2) is 8.41. The van der Waals surface area contributed by atoms with E-state index in [2.05, 4.69) is 15.2 Å². The molecule has 2 atom stereocenters. The number of anilines is 1. The van der Waals surface area contributed by atoms with E-state index in [-0.39, 0.29) is 27.7 Å². The molecule has 0 aliphatic carbocycles. The Morgan fingerprint density at radius 1 is 1.10 bits per heavy atom. The molecule has 5 heterocycles. The Bertz CT molecular complexity index is 1840. The summed E-state index contributed by atoms with van der Waals surface area (Å²) in [5.41, 5.74) is 8.39. The summed E-state index contributed by atoms with van der Waals surface area (Å²) in [5.74, 6) is -0.516. The first kappa shape index (κ1) is 24.4. The summed E-state index contributed by atoms with van der Waals surface area (Å²) in [4.78, 5) is 19.8. The van der Waals surface area contributed by atoms with Gasteiger partial charge in [0, 0.05) is 42.4 Å². The first-order chi connectivity index (χ1) is 19.1. The van der Waals surface area contributed by atoms with Gasteiger partial charge in [0.25, 0.3) is 5.91 Å². The fraction of sp³-hybridized carbons (Fsp3) is 0.259. The van der Waals surface area contributed by atoms with Gasteiger partial charge in [0.15, 0.2) is 0 Å². The number of fused-ring (bicyclic) bond motifs is 6. The van der Waals surface area contributed by atoms with Crippen molar-refractivity contribution in [2.24, 2.45) is 7.05 Å². The maximum absolute atomic E-state index is 15.4. The Morgan fingerprint density at radius 2 is 1.93 bits per heavy atom. The molecule has 2 N–H and O–H groups in total. The van der Waals surface area contributed by atoms with Gasteiger partial charge < -0.3 is 15.4 Å². The van der Waals surface area contributed by atoms with E-state index in [0.29, 0.717) is 52.5 Å². The maximum atomic E-state index is 15.4. The lowest BCUT2D eigenvalue weighted by molar-refractivity contribution is -0.212. The molecule has 2 aliphatic rings. The van der Waals surface area contributed by atoms with Crippen LogP contribution in [0.3, 0.4) is 0 Å². The molecule has 0 unspecified atom stereocenters. The van der Waals surface area contributed by atoms with E-state index in [1.807, 2.05) is 0 Å². The van der Waals surface area contributed by atoms with E-state index >= 15 is 4.39 Å². The molecule has 0 radical (unpaired) electrons. The van der Waals surface area contributed by atoms with Crippen molar-refractivity contribution in [1.29, 1.82) is 0 Å². The molecule has 2 aliphatic heterocycles. The van der Waals surface area contributed by atoms with Crippen LogP contribution in [0, 0.1) is 5.82 Å². The predicted octanol–water partition coefficient (Wildman–Crippen LogP) is 4.92. The number of nitrogens with two attached hydrogens (primary N) is 1. The number of rotatable bonds is 2. The van der Waals surface area contributed by atoms with Gasteiger partial charge in [-0.05, 0) is 30.5 Å². The average molecular weight is 552 g/mol. The van der Waals surface area contributed by atoms with Crippen LogP contribution in [0.5, 0.6) is 5.75 Å². The number of carbonyl (C=O) groups excluding carboxylic acids is 1. The first-order valence-electron chi connectivity index (χ1n) is 12.5. The number of hydrogen-bond donors (Lipinski definition) is 1. The summed E-state index contributed by atoms with van der Waals surface area (Å²) >= 11 is 0. The number of likely N-dealkylation sites (tertiary alicyclic amines) is 1. The van der Waals surface area contributed by atoms with Crippen molar-refractivity contribution < 1.29 is 27.1 Å². The highest BCUT2D eigenvalue weighted by molar-refractivity contribution is 6.10. The van der Waals surface area contributed by atoms with E-state index < -0.39 is 24.1 Å². The van der Waals surface area contributed by atoms with Crippen LogP contribution in [0.25, 0.3) is 32.9 Å². The molecule has 1 fully saturated rings. The van der Waals surface area contributed by atoms with Gasteiger partial charge in [0.1, 0.15) is 23.5 Å². The third kappa shape index (κ3) is 3.60. The van der Waals surface area contributed by atoms with Gasteiger partial charge in [-0.25, -0.2) is 9.37 Å². The zero-order chi connectivity index (χ0) is 27.9. The molecule has 40 heavy (non-hydrogen) atoms. The number of pyridine rings is 1. The molecule has 1 amide bonds. The average Bonchev–Trinajstić information content (AvgIpc) is 3.64. The van der Waals surface area contributed by atoms with Gasteiger partial charge in [-0.2, -0.15) is 14.9 Å². The molecule has 204 valence electrons. The number of alkyl halides is 3. The quantitative estimate of drug-likeness (QED) is 0.313. The lowest BCUT2D eigenvalue weighted by Gasteiger charge is -2.36. The molecule has 0 saturated carbocycles. The van der Waals surface area contributed by atoms with Crippen LogP contribution in [0.15, 0.2) is 48.9 Å². The molecular weight excluding hydrogens is 530 g/mol. The number of carbonyl (C=O) groups is 1. The largest absolute Gasteiger partial charge is 0.504 e. The van der Waals surface area contributed by atoms with Crippen molar-refractivity contribution in [1.82, 2.24) is 29.4 Å². The van der Waals surface area contributed by atoms with Gasteiger partial charge in [0.05, 0.1) is 40.4 Å². The molecule has 0 spiro atoms. The summed E-state index contributed by atoms with van der Waals surface area (Å²) < 4.78 is 62.1. The topological polar surface area (TPSA) is 104 Å². The molecule has 7 rings (SSSR count). The van der Waals surface area contributed by atoms with Crippen LogP contribution in [0.2, 0.25) is 0 Å². The highest BCUT2D eigenvalue weighted by Gasteiger charge is 2.44. The fourth-order valence-electron chi connectivity index (χ4n) is 5.81. The molecule has 5 aromatic rings. The minimum Gasteiger partial charge on any atom is -0.488 e. The van der Waals surface area contributed by atoms with Gasteiger partial charge in [-0.1, -0.05) is 12.1 Å². The second-order valence-electron chi connectivity index (χ2n) is 10.0. The molecule has 3 aromatic heterocycles. The van der Waals surface area contributed by atoms with Crippen LogP contribution >= 0.6 is 0 Å². The third-order valence-corrected chi connectivity index (χ3v) is 7.65. The van der Waals surface area contributed by atoms with Crippen molar-refractivity contribution in [3.8, 4) is 16.9 Å². The Kier molecular flexibility index (Phi) is 5.12. The molecule has 0 bridgehead atoms. The summed E-state index contributed by atoms with van der Waals surface area (Å²) in [7, 11) is 1.73. The number of piperidine rings is 1. The molecule has 1 saturated heterocycles. The number of hydrogen-bond acceptors (Lipinski definition) is 6. The Balaban J connectivity index is 1.26. The Morgan fingerprint density at radius 3 is 2.70 bits per heavy atom. The number of amides is 1. The number of aryl methyl sites for hydroxylation is 1. The van der Waals surface area contributed by atoms with Crippen molar-refractivity contribution in [3.05, 3.63) is 65.9 Å². The fourth-order valence-corrected chi connectivity index (χ4v) is 5.81. The highest BCUT2D eigenvalue weighted by atomic mass is 19.4. The lowest BCUT2D eigenvalue weighted by Crippen LogP contribution is -2.44. The highest BCUT2D eigenvalue weighted by Crippen LogP contribution is 2.46.